The number of hydrogen-bond acceptors (Lipinski definition) is 5. The summed E-state index contributed by atoms with van der Waals surface area (Å²) in [5, 5.41) is 18.1. The quantitative estimate of drug-likeness (QED) is 0.656. The molecule has 1 aromatic rings. The van der Waals surface area contributed by atoms with Gasteiger partial charge in [-0.15, -0.1) is 0 Å². The predicted octanol–water partition coefficient (Wildman–Crippen LogP) is -0.684. The molecule has 6 nitrogen and oxygen atoms in total. The van der Waals surface area contributed by atoms with Crippen LogP contribution in [0.2, 0.25) is 0 Å². The number of halogens is 2. The maximum Gasteiger partial charge on any atom is 0.320 e. The van der Waals surface area contributed by atoms with Crippen LogP contribution in [-0.2, 0) is 4.74 Å². The van der Waals surface area contributed by atoms with Gasteiger partial charge in [-0.1, -0.05) is 0 Å². The van der Waals surface area contributed by atoms with Crippen molar-refractivity contribution in [3.8, 4) is 0 Å². The fraction of sp³-hybridized carbons (Fsp3) is 0.500. The zero-order valence-electron chi connectivity index (χ0n) is 9.16. The summed E-state index contributed by atoms with van der Waals surface area (Å²) in [6.45, 7) is -0.767. The van der Waals surface area contributed by atoms with Crippen molar-refractivity contribution >= 4 is 5.69 Å². The third-order valence-corrected chi connectivity index (χ3v) is 2.78. The molecule has 0 saturated carbocycles. The molecular weight excluding hydrogens is 250 g/mol. The van der Waals surface area contributed by atoms with Crippen molar-refractivity contribution in [1.29, 1.82) is 0 Å². The second-order valence-corrected chi connectivity index (χ2v) is 4.03. The number of nitrogens with two attached hydrogens (primary N) is 1. The molecule has 0 amide bonds. The molecule has 2 heterocycles. The normalized spacial score (nSPS) is 30.6. The van der Waals surface area contributed by atoms with Gasteiger partial charge in [0.1, 0.15) is 6.10 Å². The van der Waals surface area contributed by atoms with E-state index in [1.807, 2.05) is 0 Å². The summed E-state index contributed by atoms with van der Waals surface area (Å²) in [6, 6.07) is 2.23. The van der Waals surface area contributed by atoms with E-state index < -0.39 is 36.5 Å². The summed E-state index contributed by atoms with van der Waals surface area (Å²) < 4.78 is 32.9. The Morgan fingerprint density at radius 1 is 1.56 bits per heavy atom. The SMILES string of the molecule is Nc1ccn([C@@H]2O[C@H](CO)[C@H](O)C2(F)F)c(=O)c1. The van der Waals surface area contributed by atoms with E-state index in [0.29, 0.717) is 4.57 Å². The maximum absolute atomic E-state index is 13.7. The number of aliphatic hydroxyl groups is 2. The summed E-state index contributed by atoms with van der Waals surface area (Å²) >= 11 is 0. The highest BCUT2D eigenvalue weighted by Gasteiger charge is 2.59. The average molecular weight is 262 g/mol. The van der Waals surface area contributed by atoms with Crippen molar-refractivity contribution in [2.24, 2.45) is 0 Å². The van der Waals surface area contributed by atoms with Crippen molar-refractivity contribution in [2.45, 2.75) is 24.4 Å². The molecule has 0 aromatic carbocycles. The Labute approximate surface area is 100 Å². The molecule has 0 spiro atoms. The zero-order chi connectivity index (χ0) is 13.5. The standard InChI is InChI=1S/C10H12F2N2O4/c11-10(12)8(17)6(4-15)18-9(10)14-2-1-5(13)3-7(14)16/h1-3,6,8-9,15,17H,4,13H2/t6-,8+,9-/m1/s1. The molecule has 1 fully saturated rings. The van der Waals surface area contributed by atoms with Crippen LogP contribution in [0.3, 0.4) is 0 Å². The molecule has 4 N–H and O–H groups in total. The van der Waals surface area contributed by atoms with Gasteiger partial charge in [0.15, 0.2) is 6.10 Å². The first-order valence-corrected chi connectivity index (χ1v) is 5.17. The van der Waals surface area contributed by atoms with Crippen LogP contribution in [0.1, 0.15) is 6.23 Å². The van der Waals surface area contributed by atoms with E-state index in [9.17, 15) is 18.7 Å². The number of hydrogen-bond donors (Lipinski definition) is 3. The molecule has 1 aliphatic rings. The predicted molar refractivity (Wildman–Crippen MR) is 57.1 cm³/mol. The van der Waals surface area contributed by atoms with Gasteiger partial charge in [0.2, 0.25) is 6.23 Å². The van der Waals surface area contributed by atoms with Gasteiger partial charge in [0.25, 0.3) is 5.56 Å². The summed E-state index contributed by atoms with van der Waals surface area (Å²) in [5.41, 5.74) is 4.71. The third kappa shape index (κ3) is 1.88. The van der Waals surface area contributed by atoms with E-state index in [4.69, 9.17) is 15.6 Å². The second kappa shape index (κ2) is 4.30. The Kier molecular flexibility index (Phi) is 3.09. The van der Waals surface area contributed by atoms with E-state index in [-0.39, 0.29) is 5.69 Å². The van der Waals surface area contributed by atoms with Crippen LogP contribution in [0.4, 0.5) is 14.5 Å². The number of rotatable bonds is 2. The molecule has 0 bridgehead atoms. The van der Waals surface area contributed by atoms with Crippen molar-refractivity contribution in [1.82, 2.24) is 4.57 Å². The second-order valence-electron chi connectivity index (χ2n) is 4.03. The molecule has 18 heavy (non-hydrogen) atoms. The van der Waals surface area contributed by atoms with Gasteiger partial charge in [-0.2, -0.15) is 8.78 Å². The molecule has 0 aliphatic carbocycles. The Morgan fingerprint density at radius 3 is 2.72 bits per heavy atom. The molecule has 8 heteroatoms. The number of aromatic nitrogens is 1. The highest BCUT2D eigenvalue weighted by atomic mass is 19.3. The van der Waals surface area contributed by atoms with Crippen LogP contribution < -0.4 is 11.3 Å². The highest BCUT2D eigenvalue weighted by molar-refractivity contribution is 5.34. The molecule has 3 atom stereocenters. The molecule has 2 rings (SSSR count). The van der Waals surface area contributed by atoms with Gasteiger partial charge in [-0.3, -0.25) is 9.36 Å². The number of aliphatic hydroxyl groups excluding tert-OH is 2. The highest BCUT2D eigenvalue weighted by Crippen LogP contribution is 2.41. The lowest BCUT2D eigenvalue weighted by atomic mass is 10.1. The minimum absolute atomic E-state index is 0.136. The van der Waals surface area contributed by atoms with Crippen LogP contribution in [0.5, 0.6) is 0 Å². The van der Waals surface area contributed by atoms with Crippen molar-refractivity contribution in [2.75, 3.05) is 12.3 Å². The zero-order valence-corrected chi connectivity index (χ0v) is 9.16. The van der Waals surface area contributed by atoms with Gasteiger partial charge >= 0.3 is 5.92 Å². The van der Waals surface area contributed by atoms with E-state index in [2.05, 4.69) is 0 Å². The van der Waals surface area contributed by atoms with Gasteiger partial charge in [-0.05, 0) is 6.07 Å². The Hall–Kier alpha value is -1.51. The minimum atomic E-state index is -3.67. The number of alkyl halides is 2. The van der Waals surface area contributed by atoms with E-state index in [1.54, 1.807) is 0 Å². The lowest BCUT2D eigenvalue weighted by Crippen LogP contribution is -2.41. The van der Waals surface area contributed by atoms with E-state index in [0.717, 1.165) is 12.3 Å². The Balaban J connectivity index is 2.42. The monoisotopic (exact) mass is 262 g/mol. The van der Waals surface area contributed by atoms with Crippen LogP contribution in [0, 0.1) is 0 Å². The summed E-state index contributed by atoms with van der Waals surface area (Å²) in [6.07, 6.45) is -4.51. The van der Waals surface area contributed by atoms with Gasteiger partial charge in [-0.25, -0.2) is 0 Å². The van der Waals surface area contributed by atoms with Crippen LogP contribution in [0.15, 0.2) is 23.1 Å². The Morgan fingerprint density at radius 2 is 2.22 bits per heavy atom. The number of nitrogens with zero attached hydrogens (tertiary/aromatic N) is 1. The maximum atomic E-state index is 13.7. The molecule has 1 aromatic heterocycles. The fourth-order valence-electron chi connectivity index (χ4n) is 1.82. The van der Waals surface area contributed by atoms with Gasteiger partial charge < -0.3 is 20.7 Å². The van der Waals surface area contributed by atoms with Crippen molar-refractivity contribution in [3.05, 3.63) is 28.7 Å². The average Bonchev–Trinajstić information content (AvgIpc) is 2.52. The first kappa shape index (κ1) is 12.9. The summed E-state index contributed by atoms with van der Waals surface area (Å²) in [4.78, 5) is 11.5. The lowest BCUT2D eigenvalue weighted by Gasteiger charge is -2.21. The minimum Gasteiger partial charge on any atom is -0.399 e. The molecule has 0 radical (unpaired) electrons. The number of pyridine rings is 1. The number of ether oxygens (including phenoxy) is 1. The first-order chi connectivity index (χ1) is 8.37. The van der Waals surface area contributed by atoms with E-state index >= 15 is 0 Å². The smallest absolute Gasteiger partial charge is 0.320 e. The lowest BCUT2D eigenvalue weighted by molar-refractivity contribution is -0.140. The van der Waals surface area contributed by atoms with Crippen LogP contribution in [0.25, 0.3) is 0 Å². The molecule has 1 aliphatic heterocycles. The fourth-order valence-corrected chi connectivity index (χ4v) is 1.82. The molecular formula is C10H12F2N2O4. The summed E-state index contributed by atoms with van der Waals surface area (Å²) in [7, 11) is 0. The molecule has 0 unspecified atom stereocenters. The first-order valence-electron chi connectivity index (χ1n) is 5.17. The molecule has 1 saturated heterocycles. The van der Waals surface area contributed by atoms with Gasteiger partial charge in [0, 0.05) is 18.0 Å². The Bertz CT molecular complexity index is 505. The number of anilines is 1. The number of nitrogen functional groups attached to an aromatic ring is 1. The van der Waals surface area contributed by atoms with Crippen LogP contribution in [-0.4, -0.2) is 39.5 Å². The van der Waals surface area contributed by atoms with Crippen molar-refractivity contribution < 1.29 is 23.7 Å². The van der Waals surface area contributed by atoms with Gasteiger partial charge in [0.05, 0.1) is 6.61 Å². The van der Waals surface area contributed by atoms with E-state index in [1.165, 1.54) is 6.07 Å². The van der Waals surface area contributed by atoms with Crippen molar-refractivity contribution in [3.63, 3.8) is 0 Å². The third-order valence-electron chi connectivity index (χ3n) is 2.78. The largest absolute Gasteiger partial charge is 0.399 e. The topological polar surface area (TPSA) is 97.7 Å². The molecule has 100 valence electrons. The summed E-state index contributed by atoms with van der Waals surface area (Å²) in [5.74, 6) is -3.67. The van der Waals surface area contributed by atoms with Crippen LogP contribution >= 0.6 is 0 Å².